The first kappa shape index (κ1) is 33.9. The van der Waals surface area contributed by atoms with Crippen molar-refractivity contribution in [1.29, 1.82) is 0 Å². The van der Waals surface area contributed by atoms with E-state index >= 15 is 0 Å². The summed E-state index contributed by atoms with van der Waals surface area (Å²) in [7, 11) is 2.24. The summed E-state index contributed by atoms with van der Waals surface area (Å²) in [5, 5.41) is 2.43. The second kappa shape index (κ2) is 13.6. The van der Waals surface area contributed by atoms with Gasteiger partial charge in [0.25, 0.3) is 0 Å². The maximum absolute atomic E-state index is 4.82. The van der Waals surface area contributed by atoms with Gasteiger partial charge in [0, 0.05) is 53.0 Å². The number of aryl methyl sites for hydroxylation is 5. The number of nitrogens with zero attached hydrogens (tertiary/aromatic N) is 5. The van der Waals surface area contributed by atoms with Crippen molar-refractivity contribution in [3.05, 3.63) is 203 Å². The Morgan fingerprint density at radius 1 is 0.607 bits per heavy atom. The Bertz CT molecular complexity index is 2740. The molecule has 0 saturated carbocycles. The number of para-hydroxylation sites is 1. The number of anilines is 4. The quantitative estimate of drug-likeness (QED) is 0.170. The van der Waals surface area contributed by atoms with Gasteiger partial charge in [0.1, 0.15) is 5.82 Å². The molecule has 0 radical (unpaired) electrons. The van der Waals surface area contributed by atoms with Crippen LogP contribution in [0.15, 0.2) is 164 Å². The van der Waals surface area contributed by atoms with Crippen molar-refractivity contribution in [1.82, 2.24) is 14.5 Å². The molecule has 0 bridgehead atoms. The number of likely N-dealkylation sites (N-methyl/N-ethyl adjacent to an activating group) is 1. The van der Waals surface area contributed by atoms with Crippen molar-refractivity contribution < 1.29 is 0 Å². The zero-order valence-electron chi connectivity index (χ0n) is 32.4. The molecule has 3 heterocycles. The molecule has 1 aliphatic heterocycles. The topological polar surface area (TPSA) is 27.5 Å². The maximum atomic E-state index is 4.82. The van der Waals surface area contributed by atoms with Gasteiger partial charge < -0.3 is 14.7 Å². The van der Waals surface area contributed by atoms with Crippen molar-refractivity contribution in [2.45, 2.75) is 39.5 Å². The third-order valence-corrected chi connectivity index (χ3v) is 11.9. The Kier molecular flexibility index (Phi) is 8.25. The summed E-state index contributed by atoms with van der Waals surface area (Å²) in [6.45, 7) is 7.44. The van der Waals surface area contributed by atoms with Gasteiger partial charge in [-0.1, -0.05) is 103 Å². The maximum Gasteiger partial charge on any atom is 0.137 e. The highest BCUT2D eigenvalue weighted by atomic mass is 15.3. The van der Waals surface area contributed by atoms with Gasteiger partial charge in [0.2, 0.25) is 0 Å². The third-order valence-electron chi connectivity index (χ3n) is 11.9. The van der Waals surface area contributed by atoms with Gasteiger partial charge in [0.05, 0.1) is 29.3 Å². The number of rotatable bonds is 6. The first-order chi connectivity index (χ1) is 27.4. The van der Waals surface area contributed by atoms with Crippen LogP contribution in [0.5, 0.6) is 0 Å². The van der Waals surface area contributed by atoms with Gasteiger partial charge in [0.15, 0.2) is 0 Å². The van der Waals surface area contributed by atoms with E-state index in [2.05, 4.69) is 193 Å². The Labute approximate surface area is 329 Å². The average Bonchev–Trinajstić information content (AvgIpc) is 3.71. The van der Waals surface area contributed by atoms with E-state index in [1.54, 1.807) is 0 Å². The van der Waals surface area contributed by atoms with Crippen LogP contribution in [-0.4, -0.2) is 28.2 Å². The molecule has 56 heavy (non-hydrogen) atoms. The van der Waals surface area contributed by atoms with E-state index < -0.39 is 0 Å². The van der Waals surface area contributed by atoms with E-state index in [0.29, 0.717) is 0 Å². The Morgan fingerprint density at radius 3 is 2.00 bits per heavy atom. The molecule has 0 amide bonds. The van der Waals surface area contributed by atoms with Gasteiger partial charge in [-0.15, -0.1) is 0 Å². The summed E-state index contributed by atoms with van der Waals surface area (Å²) in [4.78, 5) is 12.1. The lowest BCUT2D eigenvalue weighted by atomic mass is 9.85. The Hall–Kier alpha value is -6.59. The zero-order chi connectivity index (χ0) is 37.9. The molecule has 0 spiro atoms. The lowest BCUT2D eigenvalue weighted by Crippen LogP contribution is -2.25. The van der Waals surface area contributed by atoms with E-state index in [-0.39, 0.29) is 5.92 Å². The molecule has 0 atom stereocenters. The molecule has 274 valence electrons. The fraction of sp³-hybridized carbons (Fsp3) is 0.157. The first-order valence-electron chi connectivity index (χ1n) is 19.7. The van der Waals surface area contributed by atoms with Crippen LogP contribution in [0.25, 0.3) is 27.6 Å². The molecule has 5 nitrogen and oxygen atoms in total. The van der Waals surface area contributed by atoms with Crippen molar-refractivity contribution in [3.63, 3.8) is 0 Å². The van der Waals surface area contributed by atoms with Crippen molar-refractivity contribution >= 4 is 44.6 Å². The second-order valence-corrected chi connectivity index (χ2v) is 15.5. The largest absolute Gasteiger partial charge is 0.358 e. The predicted molar refractivity (Wildman–Crippen MR) is 233 cm³/mol. The van der Waals surface area contributed by atoms with E-state index in [9.17, 15) is 0 Å². The lowest BCUT2D eigenvalue weighted by Gasteiger charge is -2.30. The van der Waals surface area contributed by atoms with Gasteiger partial charge >= 0.3 is 0 Å². The summed E-state index contributed by atoms with van der Waals surface area (Å²) < 4.78 is 2.30. The molecule has 8 aromatic rings. The summed E-state index contributed by atoms with van der Waals surface area (Å²) in [6, 6.07) is 53.5. The normalized spacial score (nSPS) is 14.2. The van der Waals surface area contributed by atoms with Crippen LogP contribution in [0.1, 0.15) is 44.9 Å². The van der Waals surface area contributed by atoms with Crippen LogP contribution in [-0.2, 0) is 12.8 Å². The zero-order valence-corrected chi connectivity index (χ0v) is 32.4. The number of benzene rings is 6. The Balaban J connectivity index is 1.12. The monoisotopic (exact) mass is 727 g/mol. The van der Waals surface area contributed by atoms with Crippen LogP contribution >= 0.6 is 0 Å². The first-order valence-corrected chi connectivity index (χ1v) is 19.7. The molecular weight excluding hydrogens is 683 g/mol. The summed E-state index contributed by atoms with van der Waals surface area (Å²) >= 11 is 0. The van der Waals surface area contributed by atoms with Crippen LogP contribution in [0.2, 0.25) is 0 Å². The highest BCUT2D eigenvalue weighted by Gasteiger charge is 2.32. The summed E-state index contributed by atoms with van der Waals surface area (Å²) in [5.41, 5.74) is 17.7. The van der Waals surface area contributed by atoms with Crippen molar-refractivity contribution in [3.8, 4) is 5.82 Å². The number of allylic oxidation sites excluding steroid dienone is 1. The highest BCUT2D eigenvalue weighted by molar-refractivity contribution is 6.10. The molecule has 6 aromatic carbocycles. The molecule has 2 aromatic heterocycles. The van der Waals surface area contributed by atoms with E-state index in [0.717, 1.165) is 53.4 Å². The van der Waals surface area contributed by atoms with Gasteiger partial charge in [-0.05, 0) is 116 Å². The third kappa shape index (κ3) is 5.65. The van der Waals surface area contributed by atoms with E-state index in [1.165, 1.54) is 61.1 Å². The van der Waals surface area contributed by atoms with Crippen LogP contribution in [0.3, 0.4) is 0 Å². The molecular formula is C51H45N5. The van der Waals surface area contributed by atoms with Crippen LogP contribution in [0, 0.1) is 20.8 Å². The minimum absolute atomic E-state index is 0.176. The van der Waals surface area contributed by atoms with Crippen LogP contribution < -0.4 is 9.80 Å². The second-order valence-electron chi connectivity index (χ2n) is 15.5. The number of hydrogen-bond donors (Lipinski definition) is 0. The minimum atomic E-state index is 0.176. The molecule has 0 saturated heterocycles. The molecule has 2 aliphatic rings. The fourth-order valence-electron chi connectivity index (χ4n) is 9.48. The van der Waals surface area contributed by atoms with Crippen molar-refractivity contribution in [2.24, 2.45) is 0 Å². The molecule has 10 rings (SSSR count). The number of pyridine rings is 1. The molecule has 0 fully saturated rings. The minimum Gasteiger partial charge on any atom is -0.358 e. The fourth-order valence-corrected chi connectivity index (χ4v) is 9.48. The predicted octanol–water partition coefficient (Wildman–Crippen LogP) is 12.1. The number of hydrogen-bond acceptors (Lipinski definition) is 4. The van der Waals surface area contributed by atoms with E-state index in [1.807, 2.05) is 12.3 Å². The highest BCUT2D eigenvalue weighted by Crippen LogP contribution is 2.45. The molecule has 0 unspecified atom stereocenters. The smallest absolute Gasteiger partial charge is 0.137 e. The molecule has 1 aliphatic carbocycles. The SMILES string of the molecule is Cc1cc(C)c(N(c2cccc(N3C=C(C4c5ccccc5CCc5ccccc54)N(C)C3)c2)c2ccc3c4ccccc4n(-c4ccccn4)c3c2)c(C)c1. The average molecular weight is 728 g/mol. The number of aromatic nitrogens is 2. The van der Waals surface area contributed by atoms with Gasteiger partial charge in [-0.25, -0.2) is 4.98 Å². The summed E-state index contributed by atoms with van der Waals surface area (Å²) in [5.74, 6) is 1.08. The Morgan fingerprint density at radius 2 is 1.27 bits per heavy atom. The van der Waals surface area contributed by atoms with Gasteiger partial charge in [-0.3, -0.25) is 4.57 Å². The molecule has 5 heteroatoms. The van der Waals surface area contributed by atoms with Crippen molar-refractivity contribution in [2.75, 3.05) is 23.5 Å². The van der Waals surface area contributed by atoms with Crippen LogP contribution in [0.4, 0.5) is 22.7 Å². The number of fused-ring (bicyclic) bond motifs is 5. The molecule has 0 N–H and O–H groups in total. The van der Waals surface area contributed by atoms with Gasteiger partial charge in [-0.2, -0.15) is 0 Å². The standard InChI is InChI=1S/C51H45N5/c1-34-28-35(2)51(36(3)29-34)55(41-25-26-45-44-20-9-10-21-46(44)56(47(45)31-41)49-22-11-12-27-52-49)40-17-13-16-39(30-40)54-32-48(53(4)33-54)50-42-18-7-5-14-37(42)23-24-38-15-6-8-19-43(38)50/h5-22,25-32,50H,23-24,33H2,1-4H3. The van der Waals surface area contributed by atoms with E-state index in [4.69, 9.17) is 4.98 Å². The lowest BCUT2D eigenvalue weighted by molar-refractivity contribution is 0.436. The summed E-state index contributed by atoms with van der Waals surface area (Å²) in [6.07, 6.45) is 6.40.